The second-order valence-electron chi connectivity index (χ2n) is 4.97. The summed E-state index contributed by atoms with van der Waals surface area (Å²) in [5.74, 6) is 0. The molecule has 96 valence electrons. The highest BCUT2D eigenvalue weighted by Gasteiger charge is 2.18. The normalized spacial score (nSPS) is 25.0. The van der Waals surface area contributed by atoms with Gasteiger partial charge >= 0.3 is 0 Å². The van der Waals surface area contributed by atoms with Crippen molar-refractivity contribution in [1.29, 1.82) is 0 Å². The zero-order valence-corrected chi connectivity index (χ0v) is 10.4. The highest BCUT2D eigenvalue weighted by molar-refractivity contribution is 4.77. The molecule has 4 heteroatoms. The maximum Gasteiger partial charge on any atom is 0.0945 e. The molecule has 4 nitrogen and oxygen atoms in total. The molecule has 0 aromatic carbocycles. The molecule has 0 radical (unpaired) electrons. The van der Waals surface area contributed by atoms with Crippen LogP contribution in [0.15, 0.2) is 18.7 Å². The molecular weight excluding hydrogens is 214 g/mol. The first-order chi connectivity index (χ1) is 8.34. The van der Waals surface area contributed by atoms with Gasteiger partial charge in [0.25, 0.3) is 0 Å². The zero-order valence-electron chi connectivity index (χ0n) is 10.4. The number of hydrogen-bond donors (Lipinski definition) is 2. The first-order valence-corrected chi connectivity index (χ1v) is 6.72. The van der Waals surface area contributed by atoms with E-state index in [1.54, 1.807) is 0 Å². The van der Waals surface area contributed by atoms with Gasteiger partial charge < -0.3 is 15.0 Å². The molecule has 1 aromatic heterocycles. The number of nitrogens with zero attached hydrogens (tertiary/aromatic N) is 2. The van der Waals surface area contributed by atoms with Crippen LogP contribution in [0, 0.1) is 0 Å². The SMILES string of the molecule is OC1CCC(NCCCCn2ccnc2)CC1. The highest BCUT2D eigenvalue weighted by Crippen LogP contribution is 2.18. The van der Waals surface area contributed by atoms with Crippen LogP contribution in [-0.2, 0) is 6.54 Å². The molecule has 1 fully saturated rings. The summed E-state index contributed by atoms with van der Waals surface area (Å²) in [6.45, 7) is 2.15. The number of hydrogen-bond acceptors (Lipinski definition) is 3. The summed E-state index contributed by atoms with van der Waals surface area (Å²) in [5.41, 5.74) is 0. The average Bonchev–Trinajstić information content (AvgIpc) is 2.84. The molecule has 1 heterocycles. The van der Waals surface area contributed by atoms with Gasteiger partial charge in [-0.15, -0.1) is 0 Å². The molecule has 0 bridgehead atoms. The van der Waals surface area contributed by atoms with Crippen molar-refractivity contribution >= 4 is 0 Å². The third-order valence-electron chi connectivity index (χ3n) is 3.53. The minimum atomic E-state index is -0.0470. The van der Waals surface area contributed by atoms with Gasteiger partial charge in [-0.05, 0) is 45.1 Å². The molecule has 1 aromatic rings. The van der Waals surface area contributed by atoms with Crippen LogP contribution >= 0.6 is 0 Å². The first-order valence-electron chi connectivity index (χ1n) is 6.72. The van der Waals surface area contributed by atoms with Crippen LogP contribution in [-0.4, -0.2) is 33.3 Å². The minimum absolute atomic E-state index is 0.0470. The Morgan fingerprint density at radius 2 is 2.06 bits per heavy atom. The quantitative estimate of drug-likeness (QED) is 0.738. The molecule has 1 saturated carbocycles. The second kappa shape index (κ2) is 6.77. The van der Waals surface area contributed by atoms with Crippen molar-refractivity contribution in [2.45, 2.75) is 57.2 Å². The minimum Gasteiger partial charge on any atom is -0.393 e. The molecule has 0 amide bonds. The fourth-order valence-electron chi connectivity index (χ4n) is 2.42. The Bertz CT molecular complexity index is 292. The van der Waals surface area contributed by atoms with Crippen molar-refractivity contribution in [3.63, 3.8) is 0 Å². The van der Waals surface area contributed by atoms with E-state index in [9.17, 15) is 5.11 Å². The van der Waals surface area contributed by atoms with Crippen molar-refractivity contribution < 1.29 is 5.11 Å². The summed E-state index contributed by atoms with van der Waals surface area (Å²) in [6, 6.07) is 0.631. The summed E-state index contributed by atoms with van der Waals surface area (Å²) < 4.78 is 2.12. The highest BCUT2D eigenvalue weighted by atomic mass is 16.3. The molecular formula is C13H23N3O. The molecule has 0 saturated heterocycles. The van der Waals surface area contributed by atoms with E-state index >= 15 is 0 Å². The lowest BCUT2D eigenvalue weighted by Gasteiger charge is -2.26. The molecule has 17 heavy (non-hydrogen) atoms. The van der Waals surface area contributed by atoms with Gasteiger partial charge in [0, 0.05) is 25.0 Å². The lowest BCUT2D eigenvalue weighted by Crippen LogP contribution is -2.35. The number of nitrogens with one attached hydrogen (secondary N) is 1. The second-order valence-corrected chi connectivity index (χ2v) is 4.97. The lowest BCUT2D eigenvalue weighted by molar-refractivity contribution is 0.117. The Morgan fingerprint density at radius 3 is 2.76 bits per heavy atom. The zero-order chi connectivity index (χ0) is 11.9. The van der Waals surface area contributed by atoms with Crippen LogP contribution in [0.5, 0.6) is 0 Å². The van der Waals surface area contributed by atoms with Gasteiger partial charge in [0.2, 0.25) is 0 Å². The summed E-state index contributed by atoms with van der Waals surface area (Å²) in [7, 11) is 0. The Balaban J connectivity index is 1.49. The summed E-state index contributed by atoms with van der Waals surface area (Å²) >= 11 is 0. The van der Waals surface area contributed by atoms with Gasteiger partial charge in [-0.1, -0.05) is 0 Å². The number of unbranched alkanes of at least 4 members (excludes halogenated alkanes) is 1. The van der Waals surface area contributed by atoms with Gasteiger partial charge in [0.1, 0.15) is 0 Å². The number of aliphatic hydroxyl groups excluding tert-OH is 1. The first kappa shape index (κ1) is 12.6. The van der Waals surface area contributed by atoms with Crippen LogP contribution in [0.3, 0.4) is 0 Å². The Morgan fingerprint density at radius 1 is 1.24 bits per heavy atom. The van der Waals surface area contributed by atoms with E-state index < -0.39 is 0 Å². The molecule has 2 rings (SSSR count). The Kier molecular flexibility index (Phi) is 5.01. The van der Waals surface area contributed by atoms with E-state index in [1.807, 2.05) is 18.7 Å². The molecule has 0 aliphatic heterocycles. The van der Waals surface area contributed by atoms with E-state index in [4.69, 9.17) is 0 Å². The van der Waals surface area contributed by atoms with E-state index in [0.717, 1.165) is 38.8 Å². The van der Waals surface area contributed by atoms with Crippen LogP contribution in [0.1, 0.15) is 38.5 Å². The van der Waals surface area contributed by atoms with Crippen LogP contribution in [0.25, 0.3) is 0 Å². The smallest absolute Gasteiger partial charge is 0.0945 e. The summed E-state index contributed by atoms with van der Waals surface area (Å²) in [5, 5.41) is 13.0. The number of imidazole rings is 1. The van der Waals surface area contributed by atoms with Crippen molar-refractivity contribution in [3.8, 4) is 0 Å². The molecule has 1 aliphatic rings. The van der Waals surface area contributed by atoms with E-state index in [2.05, 4.69) is 14.9 Å². The summed E-state index contributed by atoms with van der Waals surface area (Å²) in [4.78, 5) is 4.03. The fraction of sp³-hybridized carbons (Fsp3) is 0.769. The van der Waals surface area contributed by atoms with Crippen molar-refractivity contribution in [2.75, 3.05) is 6.54 Å². The van der Waals surface area contributed by atoms with E-state index in [-0.39, 0.29) is 6.10 Å². The third kappa shape index (κ3) is 4.48. The Labute approximate surface area is 103 Å². The van der Waals surface area contributed by atoms with Crippen molar-refractivity contribution in [3.05, 3.63) is 18.7 Å². The molecule has 0 unspecified atom stereocenters. The van der Waals surface area contributed by atoms with E-state index in [1.165, 1.54) is 12.8 Å². The van der Waals surface area contributed by atoms with Crippen LogP contribution in [0.4, 0.5) is 0 Å². The third-order valence-corrected chi connectivity index (χ3v) is 3.53. The molecule has 0 atom stereocenters. The van der Waals surface area contributed by atoms with Crippen molar-refractivity contribution in [1.82, 2.24) is 14.9 Å². The van der Waals surface area contributed by atoms with Gasteiger partial charge in [-0.3, -0.25) is 0 Å². The van der Waals surface area contributed by atoms with Gasteiger partial charge in [-0.25, -0.2) is 4.98 Å². The standard InChI is InChI=1S/C13H23N3O/c17-13-5-3-12(4-6-13)15-7-1-2-9-16-10-8-14-11-16/h8,10-13,15,17H,1-7,9H2. The predicted octanol–water partition coefficient (Wildman–Crippen LogP) is 1.56. The predicted molar refractivity (Wildman–Crippen MR) is 67.7 cm³/mol. The fourth-order valence-corrected chi connectivity index (χ4v) is 2.42. The number of aliphatic hydroxyl groups is 1. The van der Waals surface area contributed by atoms with Gasteiger partial charge in [-0.2, -0.15) is 0 Å². The molecule has 2 N–H and O–H groups in total. The average molecular weight is 237 g/mol. The largest absolute Gasteiger partial charge is 0.393 e. The molecule has 1 aliphatic carbocycles. The molecule has 0 spiro atoms. The van der Waals surface area contributed by atoms with Gasteiger partial charge in [0.05, 0.1) is 12.4 Å². The van der Waals surface area contributed by atoms with E-state index in [0.29, 0.717) is 6.04 Å². The number of aromatic nitrogens is 2. The number of rotatable bonds is 6. The topological polar surface area (TPSA) is 50.1 Å². The number of aryl methyl sites for hydroxylation is 1. The van der Waals surface area contributed by atoms with Crippen LogP contribution in [0.2, 0.25) is 0 Å². The van der Waals surface area contributed by atoms with Crippen LogP contribution < -0.4 is 5.32 Å². The lowest BCUT2D eigenvalue weighted by atomic mass is 9.93. The summed E-state index contributed by atoms with van der Waals surface area (Å²) in [6.07, 6.45) is 12.2. The maximum absolute atomic E-state index is 9.41. The van der Waals surface area contributed by atoms with Crippen molar-refractivity contribution in [2.24, 2.45) is 0 Å². The van der Waals surface area contributed by atoms with Gasteiger partial charge in [0.15, 0.2) is 0 Å². The monoisotopic (exact) mass is 237 g/mol. The maximum atomic E-state index is 9.41. The Hall–Kier alpha value is -0.870.